The average molecular weight is 189 g/mol. The second kappa shape index (κ2) is 2.54. The van der Waals surface area contributed by atoms with Crippen molar-refractivity contribution in [1.29, 1.82) is 0 Å². The molecule has 3 aliphatic heterocycles. The first-order valence-electron chi connectivity index (χ1n) is 4.48. The van der Waals surface area contributed by atoms with Crippen molar-refractivity contribution in [3.63, 3.8) is 0 Å². The number of nitrogens with zero attached hydrogens (tertiary/aromatic N) is 3. The van der Waals surface area contributed by atoms with Gasteiger partial charge in [-0.2, -0.15) is 0 Å². The Labute approximate surface area is 80.7 Å². The number of nitrogens with one attached hydrogen (secondary N) is 1. The normalized spacial score (nSPS) is 23.3. The van der Waals surface area contributed by atoms with Gasteiger partial charge in [-0.05, 0) is 16.9 Å². The molecule has 0 saturated carbocycles. The third-order valence-corrected chi connectivity index (χ3v) is 2.43. The molecule has 0 aromatic rings. The monoisotopic (exact) mass is 189 g/mol. The van der Waals surface area contributed by atoms with Crippen LogP contribution in [-0.2, 0) is 0 Å². The van der Waals surface area contributed by atoms with E-state index in [0.717, 1.165) is 22.8 Å². The molecule has 1 N–H and O–H groups in total. The first-order valence-corrected chi connectivity index (χ1v) is 4.48. The zero-order valence-electron chi connectivity index (χ0n) is 7.47. The van der Waals surface area contributed by atoms with Crippen LogP contribution in [0.4, 0.5) is 0 Å². The second-order valence-corrected chi connectivity index (χ2v) is 3.27. The molecule has 0 saturated heterocycles. The van der Waals surface area contributed by atoms with E-state index in [1.54, 1.807) is 6.20 Å². The van der Waals surface area contributed by atoms with E-state index in [2.05, 4.69) is 10.3 Å². The van der Waals surface area contributed by atoms with Crippen molar-refractivity contribution >= 4 is 6.21 Å². The fourth-order valence-electron chi connectivity index (χ4n) is 1.77. The molecular weight excluding hydrogens is 180 g/mol. The molecule has 70 valence electrons. The first-order chi connectivity index (χ1) is 6.86. The summed E-state index contributed by atoms with van der Waals surface area (Å²) in [5.74, 6) is 1.48. The molecule has 0 amide bonds. The van der Waals surface area contributed by atoms with Gasteiger partial charge in [-0.15, -0.1) is 0 Å². The molecule has 5 heteroatoms. The molecule has 0 aromatic carbocycles. The summed E-state index contributed by atoms with van der Waals surface area (Å²) in [5.41, 5.74) is 0.904. The first kappa shape index (κ1) is 7.49. The van der Waals surface area contributed by atoms with E-state index in [9.17, 15) is 4.91 Å². The zero-order chi connectivity index (χ0) is 9.54. The van der Waals surface area contributed by atoms with Crippen LogP contribution in [0.1, 0.15) is 0 Å². The topological polar surface area (TPSA) is 47.7 Å². The zero-order valence-corrected chi connectivity index (χ0v) is 7.47. The van der Waals surface area contributed by atoms with Gasteiger partial charge in [0, 0.05) is 6.21 Å². The summed E-state index contributed by atoms with van der Waals surface area (Å²) in [6, 6.07) is 0. The van der Waals surface area contributed by atoms with E-state index in [1.165, 1.54) is 0 Å². The van der Waals surface area contributed by atoms with Crippen LogP contribution in [0.25, 0.3) is 0 Å². The number of rotatable bonds is 0. The van der Waals surface area contributed by atoms with Crippen molar-refractivity contribution in [2.75, 3.05) is 13.1 Å². The SMILES string of the molecule is O=[N+]1CC=CC2=C1NC=C1N=CCN12. The van der Waals surface area contributed by atoms with Crippen molar-refractivity contribution in [1.82, 2.24) is 10.2 Å². The predicted octanol–water partition coefficient (Wildman–Crippen LogP) is 0.293. The fourth-order valence-corrected chi connectivity index (χ4v) is 1.77. The van der Waals surface area contributed by atoms with Gasteiger partial charge in [-0.1, -0.05) is 4.91 Å². The summed E-state index contributed by atoms with van der Waals surface area (Å²) >= 11 is 0. The lowest BCUT2D eigenvalue weighted by molar-refractivity contribution is -0.496. The summed E-state index contributed by atoms with van der Waals surface area (Å²) in [4.78, 5) is 17.7. The maximum Gasteiger partial charge on any atom is 0.342 e. The summed E-state index contributed by atoms with van der Waals surface area (Å²) < 4.78 is 0.945. The van der Waals surface area contributed by atoms with Crippen LogP contribution in [0.5, 0.6) is 0 Å². The molecule has 0 aromatic heterocycles. The molecule has 0 atom stereocenters. The van der Waals surface area contributed by atoms with Crippen molar-refractivity contribution in [3.05, 3.63) is 40.6 Å². The molecular formula is C9H9N4O+. The van der Waals surface area contributed by atoms with Gasteiger partial charge in [0.05, 0.1) is 6.54 Å². The number of aliphatic imine (C=N–C) groups is 1. The quantitative estimate of drug-likeness (QED) is 0.557. The fraction of sp³-hybridized carbons (Fsp3) is 0.222. The van der Waals surface area contributed by atoms with Crippen molar-refractivity contribution < 1.29 is 4.76 Å². The van der Waals surface area contributed by atoms with Crippen molar-refractivity contribution in [3.8, 4) is 0 Å². The number of allylic oxidation sites excluding steroid dienone is 1. The Morgan fingerprint density at radius 2 is 2.50 bits per heavy atom. The van der Waals surface area contributed by atoms with Gasteiger partial charge in [-0.3, -0.25) is 0 Å². The lowest BCUT2D eigenvalue weighted by Crippen LogP contribution is -2.34. The molecule has 5 nitrogen and oxygen atoms in total. The van der Waals surface area contributed by atoms with Gasteiger partial charge in [0.15, 0.2) is 12.4 Å². The smallest absolute Gasteiger partial charge is 0.311 e. The molecule has 3 heterocycles. The Balaban J connectivity index is 2.07. The molecule has 3 aliphatic rings. The Bertz CT molecular complexity index is 430. The Kier molecular flexibility index (Phi) is 1.36. The highest BCUT2D eigenvalue weighted by atomic mass is 16.3. The molecule has 0 spiro atoms. The van der Waals surface area contributed by atoms with Gasteiger partial charge in [0.25, 0.3) is 0 Å². The highest BCUT2D eigenvalue weighted by Gasteiger charge is 2.32. The highest BCUT2D eigenvalue weighted by Crippen LogP contribution is 2.26. The summed E-state index contributed by atoms with van der Waals surface area (Å²) in [6.07, 6.45) is 7.40. The maximum absolute atomic E-state index is 11.5. The molecule has 0 fully saturated rings. The van der Waals surface area contributed by atoms with Crippen LogP contribution in [0.15, 0.2) is 40.7 Å². The van der Waals surface area contributed by atoms with E-state index in [0.29, 0.717) is 12.4 Å². The number of hydrogen-bond acceptors (Lipinski definition) is 4. The van der Waals surface area contributed by atoms with Crippen LogP contribution in [0.3, 0.4) is 0 Å². The third-order valence-electron chi connectivity index (χ3n) is 2.43. The van der Waals surface area contributed by atoms with Crippen molar-refractivity contribution in [2.24, 2.45) is 4.99 Å². The predicted molar refractivity (Wildman–Crippen MR) is 51.1 cm³/mol. The van der Waals surface area contributed by atoms with Crippen LogP contribution >= 0.6 is 0 Å². The number of fused-ring (bicyclic) bond motifs is 2. The second-order valence-electron chi connectivity index (χ2n) is 3.27. The van der Waals surface area contributed by atoms with E-state index in [1.807, 2.05) is 23.3 Å². The summed E-state index contributed by atoms with van der Waals surface area (Å²) in [6.45, 7) is 1.15. The van der Waals surface area contributed by atoms with Gasteiger partial charge < -0.3 is 4.90 Å². The third kappa shape index (κ3) is 0.863. The minimum absolute atomic E-state index is 0.406. The standard InChI is InChI=1S/C9H9N4O/c14-13-4-1-2-7-9(13)11-6-8-10-3-5-12(7)8/h1-3,6,11H,4-5H2/q+1. The minimum Gasteiger partial charge on any atom is -0.311 e. The Hall–Kier alpha value is -1.91. The van der Waals surface area contributed by atoms with Gasteiger partial charge in [0.2, 0.25) is 0 Å². The van der Waals surface area contributed by atoms with E-state index >= 15 is 0 Å². The minimum atomic E-state index is 0.406. The molecule has 0 unspecified atom stereocenters. The molecule has 14 heavy (non-hydrogen) atoms. The van der Waals surface area contributed by atoms with Gasteiger partial charge in [0.1, 0.15) is 11.9 Å². The highest BCUT2D eigenvalue weighted by molar-refractivity contribution is 5.66. The van der Waals surface area contributed by atoms with E-state index in [-0.39, 0.29) is 0 Å². The summed E-state index contributed by atoms with van der Waals surface area (Å²) in [5, 5.41) is 2.97. The van der Waals surface area contributed by atoms with E-state index in [4.69, 9.17) is 0 Å². The Morgan fingerprint density at radius 1 is 1.57 bits per heavy atom. The lowest BCUT2D eigenvalue weighted by Gasteiger charge is -2.23. The summed E-state index contributed by atoms with van der Waals surface area (Å²) in [7, 11) is 0. The number of hydrogen-bond donors (Lipinski definition) is 1. The van der Waals surface area contributed by atoms with Crippen LogP contribution in [0, 0.1) is 4.91 Å². The molecule has 0 bridgehead atoms. The van der Waals surface area contributed by atoms with Crippen LogP contribution in [0.2, 0.25) is 0 Å². The Morgan fingerprint density at radius 3 is 3.43 bits per heavy atom. The van der Waals surface area contributed by atoms with Crippen LogP contribution in [-0.4, -0.2) is 29.0 Å². The van der Waals surface area contributed by atoms with Crippen molar-refractivity contribution in [2.45, 2.75) is 0 Å². The lowest BCUT2D eigenvalue weighted by atomic mass is 10.2. The van der Waals surface area contributed by atoms with E-state index < -0.39 is 0 Å². The van der Waals surface area contributed by atoms with Gasteiger partial charge >= 0.3 is 5.82 Å². The molecule has 3 rings (SSSR count). The largest absolute Gasteiger partial charge is 0.342 e. The number of nitroso groups, excluding NO2 is 1. The van der Waals surface area contributed by atoms with Gasteiger partial charge in [-0.25, -0.2) is 10.3 Å². The maximum atomic E-state index is 11.5. The van der Waals surface area contributed by atoms with Crippen LogP contribution < -0.4 is 5.32 Å². The average Bonchev–Trinajstić information content (AvgIpc) is 2.66. The molecule has 0 aliphatic carbocycles. The molecule has 0 radical (unpaired) electrons.